The molecule has 3 nitrogen and oxygen atoms in total. The second kappa shape index (κ2) is 4.46. The highest BCUT2D eigenvalue weighted by molar-refractivity contribution is 9.10. The lowest BCUT2D eigenvalue weighted by Crippen LogP contribution is -2.40. The van der Waals surface area contributed by atoms with E-state index in [9.17, 15) is 4.79 Å². The third kappa shape index (κ3) is 1.70. The fourth-order valence-electron chi connectivity index (χ4n) is 3.37. The number of benzene rings is 2. The lowest BCUT2D eigenvalue weighted by molar-refractivity contribution is -0.119. The number of anilines is 1. The molecule has 1 amide bonds. The molecule has 0 bridgehead atoms. The normalized spacial score (nSPS) is 25.5. The van der Waals surface area contributed by atoms with E-state index in [1.54, 1.807) is 0 Å². The molecule has 2 atom stereocenters. The number of rotatable bonds is 1. The van der Waals surface area contributed by atoms with Gasteiger partial charge in [-0.15, -0.1) is 0 Å². The van der Waals surface area contributed by atoms with E-state index in [0.717, 1.165) is 32.6 Å². The molecule has 0 fully saturated rings. The van der Waals surface area contributed by atoms with Gasteiger partial charge in [0.05, 0.1) is 0 Å². The molecule has 0 aliphatic carbocycles. The molecular weight excluding hydrogens is 342 g/mol. The standard InChI is InChI=1S/C18H14BrNO2/c1-10-13-9-11(19)7-8-15(13)22-18(10,2)16-12-5-3-4-6-14(12)20-17(16)21/h3-9,16H,1H2,2H3,(H,20,21)/t16-,18+/m1/s1. The molecule has 1 N–H and O–H groups in total. The largest absolute Gasteiger partial charge is 0.481 e. The van der Waals surface area contributed by atoms with Crippen LogP contribution in [0, 0.1) is 0 Å². The molecular formula is C18H14BrNO2. The first kappa shape index (κ1) is 13.6. The Labute approximate surface area is 137 Å². The molecule has 0 unspecified atom stereocenters. The Balaban J connectivity index is 1.84. The molecule has 4 rings (SSSR count). The SMILES string of the molecule is C=C1c2cc(Br)ccc2O[C@]1(C)[C@H]1C(=O)Nc2ccccc21. The van der Waals surface area contributed by atoms with E-state index in [-0.39, 0.29) is 5.91 Å². The van der Waals surface area contributed by atoms with Crippen LogP contribution in [-0.2, 0) is 4.79 Å². The number of fused-ring (bicyclic) bond motifs is 2. The van der Waals surface area contributed by atoms with Gasteiger partial charge in [-0.3, -0.25) is 4.79 Å². The molecule has 2 aliphatic heterocycles. The Morgan fingerprint density at radius 3 is 2.86 bits per heavy atom. The average molecular weight is 356 g/mol. The molecule has 2 aliphatic rings. The molecule has 4 heteroatoms. The minimum absolute atomic E-state index is 0.0447. The van der Waals surface area contributed by atoms with Gasteiger partial charge in [-0.05, 0) is 36.8 Å². The number of ether oxygens (including phenoxy) is 1. The number of nitrogens with one attached hydrogen (secondary N) is 1. The second-order valence-electron chi connectivity index (χ2n) is 5.84. The number of hydrogen-bond donors (Lipinski definition) is 1. The first-order chi connectivity index (χ1) is 10.5. The highest BCUT2D eigenvalue weighted by Gasteiger charge is 2.52. The van der Waals surface area contributed by atoms with Gasteiger partial charge >= 0.3 is 0 Å². The van der Waals surface area contributed by atoms with Gasteiger partial charge in [-0.2, -0.15) is 0 Å². The summed E-state index contributed by atoms with van der Waals surface area (Å²) in [7, 11) is 0. The van der Waals surface area contributed by atoms with Gasteiger partial charge in [-0.1, -0.05) is 40.7 Å². The Kier molecular flexibility index (Phi) is 2.76. The maximum atomic E-state index is 12.5. The number of halogens is 1. The number of carbonyl (C=O) groups excluding carboxylic acids is 1. The number of hydrogen-bond acceptors (Lipinski definition) is 2. The summed E-state index contributed by atoms with van der Waals surface area (Å²) in [6.45, 7) is 6.16. The summed E-state index contributed by atoms with van der Waals surface area (Å²) >= 11 is 3.48. The van der Waals surface area contributed by atoms with Crippen molar-refractivity contribution in [1.29, 1.82) is 0 Å². The van der Waals surface area contributed by atoms with Crippen molar-refractivity contribution in [3.8, 4) is 5.75 Å². The third-order valence-electron chi connectivity index (χ3n) is 4.53. The van der Waals surface area contributed by atoms with E-state index < -0.39 is 11.5 Å². The zero-order chi connectivity index (χ0) is 15.5. The second-order valence-corrected chi connectivity index (χ2v) is 6.75. The number of amides is 1. The van der Waals surface area contributed by atoms with Gasteiger partial charge in [0, 0.05) is 21.3 Å². The van der Waals surface area contributed by atoms with Crippen LogP contribution < -0.4 is 10.1 Å². The fraction of sp³-hybridized carbons (Fsp3) is 0.167. The van der Waals surface area contributed by atoms with Crippen LogP contribution in [0.5, 0.6) is 5.75 Å². The first-order valence-corrected chi connectivity index (χ1v) is 7.88. The molecule has 2 heterocycles. The molecule has 0 spiro atoms. The highest BCUT2D eigenvalue weighted by Crippen LogP contribution is 2.53. The van der Waals surface area contributed by atoms with Crippen molar-refractivity contribution in [2.75, 3.05) is 5.32 Å². The Morgan fingerprint density at radius 2 is 2.05 bits per heavy atom. The highest BCUT2D eigenvalue weighted by atomic mass is 79.9. The van der Waals surface area contributed by atoms with Gasteiger partial charge in [-0.25, -0.2) is 0 Å². The molecule has 0 saturated carbocycles. The van der Waals surface area contributed by atoms with Crippen LogP contribution in [0.3, 0.4) is 0 Å². The van der Waals surface area contributed by atoms with E-state index >= 15 is 0 Å². The van der Waals surface area contributed by atoms with Crippen LogP contribution in [0.15, 0.2) is 53.5 Å². The zero-order valence-electron chi connectivity index (χ0n) is 12.0. The third-order valence-corrected chi connectivity index (χ3v) is 5.02. The van der Waals surface area contributed by atoms with Crippen LogP contribution in [0.4, 0.5) is 5.69 Å². The smallest absolute Gasteiger partial charge is 0.236 e. The van der Waals surface area contributed by atoms with Gasteiger partial charge in [0.1, 0.15) is 17.3 Å². The van der Waals surface area contributed by atoms with E-state index in [1.165, 1.54) is 0 Å². The summed E-state index contributed by atoms with van der Waals surface area (Å²) in [5, 5.41) is 2.94. The van der Waals surface area contributed by atoms with Gasteiger partial charge in [0.15, 0.2) is 0 Å². The summed E-state index contributed by atoms with van der Waals surface area (Å²) in [6.07, 6.45) is 0. The summed E-state index contributed by atoms with van der Waals surface area (Å²) in [4.78, 5) is 12.5. The monoisotopic (exact) mass is 355 g/mol. The lowest BCUT2D eigenvalue weighted by Gasteiger charge is -2.30. The minimum atomic E-state index is -0.778. The van der Waals surface area contributed by atoms with Crippen molar-refractivity contribution in [1.82, 2.24) is 0 Å². The summed E-state index contributed by atoms with van der Waals surface area (Å²) in [5.74, 6) is 0.326. The molecule has 0 aromatic heterocycles. The van der Waals surface area contributed by atoms with E-state index in [2.05, 4.69) is 27.8 Å². The van der Waals surface area contributed by atoms with Crippen LogP contribution in [0.2, 0.25) is 0 Å². The van der Waals surface area contributed by atoms with Crippen molar-refractivity contribution >= 4 is 33.1 Å². The summed E-state index contributed by atoms with van der Waals surface area (Å²) < 4.78 is 7.16. The van der Waals surface area contributed by atoms with Crippen LogP contribution in [0.25, 0.3) is 5.57 Å². The van der Waals surface area contributed by atoms with Crippen LogP contribution >= 0.6 is 15.9 Å². The molecule has 110 valence electrons. The maximum absolute atomic E-state index is 12.5. The topological polar surface area (TPSA) is 38.3 Å². The van der Waals surface area contributed by atoms with E-state index in [0.29, 0.717) is 0 Å². The molecule has 2 aromatic carbocycles. The van der Waals surface area contributed by atoms with Crippen molar-refractivity contribution in [3.63, 3.8) is 0 Å². The van der Waals surface area contributed by atoms with Crippen molar-refractivity contribution < 1.29 is 9.53 Å². The predicted octanol–water partition coefficient (Wildman–Crippen LogP) is 4.35. The van der Waals surface area contributed by atoms with Crippen LogP contribution in [-0.4, -0.2) is 11.5 Å². The number of para-hydroxylation sites is 1. The van der Waals surface area contributed by atoms with Crippen LogP contribution in [0.1, 0.15) is 24.0 Å². The average Bonchev–Trinajstić information content (AvgIpc) is 2.95. The van der Waals surface area contributed by atoms with Gasteiger partial charge < -0.3 is 10.1 Å². The lowest BCUT2D eigenvalue weighted by atomic mass is 9.78. The maximum Gasteiger partial charge on any atom is 0.236 e. The Bertz CT molecular complexity index is 830. The fourth-order valence-corrected chi connectivity index (χ4v) is 3.73. The molecule has 0 radical (unpaired) electrons. The summed E-state index contributed by atoms with van der Waals surface area (Å²) in [6, 6.07) is 13.6. The minimum Gasteiger partial charge on any atom is -0.481 e. The van der Waals surface area contributed by atoms with Gasteiger partial charge in [0.2, 0.25) is 5.91 Å². The van der Waals surface area contributed by atoms with Gasteiger partial charge in [0.25, 0.3) is 0 Å². The molecule has 2 aromatic rings. The first-order valence-electron chi connectivity index (χ1n) is 7.09. The summed E-state index contributed by atoms with van der Waals surface area (Å²) in [5.41, 5.74) is 2.82. The van der Waals surface area contributed by atoms with Crippen molar-refractivity contribution in [3.05, 3.63) is 64.6 Å². The van der Waals surface area contributed by atoms with E-state index in [4.69, 9.17) is 4.74 Å². The Morgan fingerprint density at radius 1 is 1.27 bits per heavy atom. The Hall–Kier alpha value is -2.07. The van der Waals surface area contributed by atoms with E-state index in [1.807, 2.05) is 49.4 Å². The number of carbonyl (C=O) groups is 1. The molecule has 22 heavy (non-hydrogen) atoms. The quantitative estimate of drug-likeness (QED) is 0.825. The zero-order valence-corrected chi connectivity index (χ0v) is 13.6. The van der Waals surface area contributed by atoms with Crippen molar-refractivity contribution in [2.24, 2.45) is 0 Å². The molecule has 0 saturated heterocycles. The predicted molar refractivity (Wildman–Crippen MR) is 90.0 cm³/mol. The van der Waals surface area contributed by atoms with Crippen molar-refractivity contribution in [2.45, 2.75) is 18.4 Å².